The molecule has 1 amide bonds. The highest BCUT2D eigenvalue weighted by Crippen LogP contribution is 2.33. The number of amides is 1. The highest BCUT2D eigenvalue weighted by Gasteiger charge is 2.44. The summed E-state index contributed by atoms with van der Waals surface area (Å²) in [5.74, 6) is 0.0254. The fourth-order valence-corrected chi connectivity index (χ4v) is 5.16. The van der Waals surface area contributed by atoms with Crippen LogP contribution in [0.25, 0.3) is 0 Å². The van der Waals surface area contributed by atoms with Crippen LogP contribution in [-0.4, -0.2) is 61.9 Å². The van der Waals surface area contributed by atoms with E-state index in [4.69, 9.17) is 4.74 Å². The number of piperidine rings is 1. The third kappa shape index (κ3) is 3.92. The minimum atomic E-state index is -3.49. The Hall–Kier alpha value is -0.960. The van der Waals surface area contributed by atoms with Crippen LogP contribution in [0.4, 0.5) is 0 Å². The molecule has 138 valence electrons. The number of morpholine rings is 1. The van der Waals surface area contributed by atoms with Crippen LogP contribution < -0.4 is 0 Å². The van der Waals surface area contributed by atoms with Gasteiger partial charge >= 0.3 is 0 Å². The molecule has 0 bridgehead atoms. The van der Waals surface area contributed by atoms with Crippen LogP contribution in [0.1, 0.15) is 26.2 Å². The summed E-state index contributed by atoms with van der Waals surface area (Å²) in [6, 6.07) is 6.69. The monoisotopic (exact) mass is 430 g/mol. The van der Waals surface area contributed by atoms with E-state index in [1.54, 1.807) is 24.3 Å². The molecule has 0 N–H and O–H groups in total. The summed E-state index contributed by atoms with van der Waals surface area (Å²) in [6.07, 6.45) is 2.12. The topological polar surface area (TPSA) is 66.9 Å². The highest BCUT2D eigenvalue weighted by molar-refractivity contribution is 9.10. The first-order valence-corrected chi connectivity index (χ1v) is 10.8. The van der Waals surface area contributed by atoms with Gasteiger partial charge in [-0.1, -0.05) is 22.9 Å². The van der Waals surface area contributed by atoms with Crippen molar-refractivity contribution in [3.05, 3.63) is 28.7 Å². The van der Waals surface area contributed by atoms with Gasteiger partial charge in [-0.2, -0.15) is 4.31 Å². The number of hydrogen-bond donors (Lipinski definition) is 0. The van der Waals surface area contributed by atoms with Gasteiger partial charge in [-0.3, -0.25) is 4.79 Å². The van der Waals surface area contributed by atoms with E-state index in [0.717, 1.165) is 17.4 Å². The maximum atomic E-state index is 12.8. The summed E-state index contributed by atoms with van der Waals surface area (Å²) >= 11 is 3.32. The highest BCUT2D eigenvalue weighted by atomic mass is 79.9. The van der Waals surface area contributed by atoms with Crippen molar-refractivity contribution in [1.82, 2.24) is 9.21 Å². The summed E-state index contributed by atoms with van der Waals surface area (Å²) in [5, 5.41) is 0. The zero-order valence-corrected chi connectivity index (χ0v) is 16.7. The van der Waals surface area contributed by atoms with E-state index >= 15 is 0 Å². The standard InChI is InChI=1S/C17H23BrN2O4S/c1-2-9-19-13-17(24-12-16(19)21)7-10-20(11-8-17)25(22,23)15-5-3-14(18)4-6-15/h3-6H,2,7-13H2,1H3. The van der Waals surface area contributed by atoms with Gasteiger partial charge in [0.25, 0.3) is 0 Å². The molecule has 1 aromatic rings. The van der Waals surface area contributed by atoms with E-state index in [0.29, 0.717) is 37.4 Å². The molecule has 2 heterocycles. The molecule has 0 saturated carbocycles. The van der Waals surface area contributed by atoms with Crippen molar-refractivity contribution in [2.75, 3.05) is 32.8 Å². The van der Waals surface area contributed by atoms with Crippen LogP contribution >= 0.6 is 15.9 Å². The molecule has 2 aliphatic heterocycles. The fourth-order valence-electron chi connectivity index (χ4n) is 3.45. The second kappa shape index (κ2) is 7.34. The zero-order chi connectivity index (χ0) is 18.1. The third-order valence-corrected chi connectivity index (χ3v) is 7.35. The SMILES string of the molecule is CCCN1CC2(CCN(S(=O)(=O)c3ccc(Br)cc3)CC2)OCC1=O. The average Bonchev–Trinajstić information content (AvgIpc) is 2.59. The molecule has 1 spiro atoms. The summed E-state index contributed by atoms with van der Waals surface area (Å²) in [5.41, 5.74) is -0.408. The molecule has 6 nitrogen and oxygen atoms in total. The second-order valence-electron chi connectivity index (χ2n) is 6.64. The number of ether oxygens (including phenoxy) is 1. The number of carbonyl (C=O) groups is 1. The Morgan fingerprint density at radius 2 is 1.84 bits per heavy atom. The minimum Gasteiger partial charge on any atom is -0.363 e. The summed E-state index contributed by atoms with van der Waals surface area (Å²) in [6.45, 7) is 4.25. The molecule has 0 aromatic heterocycles. The quantitative estimate of drug-likeness (QED) is 0.734. The number of sulfonamides is 1. The second-order valence-corrected chi connectivity index (χ2v) is 9.50. The van der Waals surface area contributed by atoms with Crippen molar-refractivity contribution in [2.24, 2.45) is 0 Å². The number of nitrogens with zero attached hydrogens (tertiary/aromatic N) is 2. The fraction of sp³-hybridized carbons (Fsp3) is 0.588. The first kappa shape index (κ1) is 18.8. The summed E-state index contributed by atoms with van der Waals surface area (Å²) < 4.78 is 33.8. The Morgan fingerprint density at radius 3 is 2.44 bits per heavy atom. The van der Waals surface area contributed by atoms with Gasteiger partial charge in [0.05, 0.1) is 10.5 Å². The van der Waals surface area contributed by atoms with Gasteiger partial charge in [0.15, 0.2) is 0 Å². The van der Waals surface area contributed by atoms with Crippen LogP contribution in [0.5, 0.6) is 0 Å². The number of hydrogen-bond acceptors (Lipinski definition) is 4. The molecule has 3 rings (SSSR count). The average molecular weight is 431 g/mol. The normalized spacial score (nSPS) is 21.7. The van der Waals surface area contributed by atoms with Crippen LogP contribution in [0, 0.1) is 0 Å². The number of benzene rings is 1. The smallest absolute Gasteiger partial charge is 0.248 e. The van der Waals surface area contributed by atoms with Gasteiger partial charge in [-0.15, -0.1) is 0 Å². The molecule has 0 atom stereocenters. The molecule has 25 heavy (non-hydrogen) atoms. The Labute approximate surface area is 157 Å². The van der Waals surface area contributed by atoms with Crippen molar-refractivity contribution >= 4 is 31.9 Å². The lowest BCUT2D eigenvalue weighted by atomic mass is 9.90. The molecule has 2 saturated heterocycles. The molecule has 2 aliphatic rings. The molecule has 0 aliphatic carbocycles. The van der Waals surface area contributed by atoms with Crippen LogP contribution in [0.15, 0.2) is 33.6 Å². The van der Waals surface area contributed by atoms with Crippen LogP contribution in [-0.2, 0) is 19.6 Å². The number of rotatable bonds is 4. The van der Waals surface area contributed by atoms with Crippen molar-refractivity contribution in [2.45, 2.75) is 36.7 Å². The molecule has 8 heteroatoms. The molecule has 2 fully saturated rings. The Balaban J connectivity index is 1.69. The van der Waals surface area contributed by atoms with Crippen LogP contribution in [0.3, 0.4) is 0 Å². The van der Waals surface area contributed by atoms with E-state index in [9.17, 15) is 13.2 Å². The van der Waals surface area contributed by atoms with E-state index < -0.39 is 15.6 Å². The molecular formula is C17H23BrN2O4S. The van der Waals surface area contributed by atoms with Gasteiger partial charge < -0.3 is 9.64 Å². The molecule has 0 radical (unpaired) electrons. The van der Waals surface area contributed by atoms with Crippen molar-refractivity contribution < 1.29 is 17.9 Å². The largest absolute Gasteiger partial charge is 0.363 e. The van der Waals surface area contributed by atoms with Crippen LogP contribution in [0.2, 0.25) is 0 Å². The third-order valence-electron chi connectivity index (χ3n) is 4.91. The van der Waals surface area contributed by atoms with Gasteiger partial charge in [0.1, 0.15) is 6.61 Å². The molecule has 1 aromatic carbocycles. The van der Waals surface area contributed by atoms with Crippen molar-refractivity contribution in [1.29, 1.82) is 0 Å². The minimum absolute atomic E-state index is 0.0254. The Bertz CT molecular complexity index is 728. The van der Waals surface area contributed by atoms with Crippen molar-refractivity contribution in [3.8, 4) is 0 Å². The first-order chi connectivity index (χ1) is 11.9. The predicted molar refractivity (Wildman–Crippen MR) is 97.7 cm³/mol. The van der Waals surface area contributed by atoms with E-state index in [2.05, 4.69) is 15.9 Å². The number of carbonyl (C=O) groups excluding carboxylic acids is 1. The first-order valence-electron chi connectivity index (χ1n) is 8.54. The lowest BCUT2D eigenvalue weighted by Gasteiger charge is -2.46. The summed E-state index contributed by atoms with van der Waals surface area (Å²) in [4.78, 5) is 14.1. The van der Waals surface area contributed by atoms with Gasteiger partial charge in [0.2, 0.25) is 15.9 Å². The van der Waals surface area contributed by atoms with E-state index in [1.807, 2.05) is 11.8 Å². The lowest BCUT2D eigenvalue weighted by Crippen LogP contribution is -2.59. The number of halogens is 1. The zero-order valence-electron chi connectivity index (χ0n) is 14.3. The van der Waals surface area contributed by atoms with E-state index in [-0.39, 0.29) is 12.5 Å². The summed E-state index contributed by atoms with van der Waals surface area (Å²) in [7, 11) is -3.49. The maximum absolute atomic E-state index is 12.8. The van der Waals surface area contributed by atoms with Crippen molar-refractivity contribution in [3.63, 3.8) is 0 Å². The predicted octanol–water partition coefficient (Wildman–Crippen LogP) is 2.24. The molecule has 0 unspecified atom stereocenters. The molecular weight excluding hydrogens is 408 g/mol. The van der Waals surface area contributed by atoms with Gasteiger partial charge in [-0.25, -0.2) is 8.42 Å². The van der Waals surface area contributed by atoms with Gasteiger partial charge in [0, 0.05) is 30.7 Å². The lowest BCUT2D eigenvalue weighted by molar-refractivity contribution is -0.169. The Morgan fingerprint density at radius 1 is 1.20 bits per heavy atom. The maximum Gasteiger partial charge on any atom is 0.248 e. The Kier molecular flexibility index (Phi) is 5.53. The van der Waals surface area contributed by atoms with E-state index in [1.165, 1.54) is 4.31 Å². The van der Waals surface area contributed by atoms with Gasteiger partial charge in [-0.05, 0) is 43.5 Å².